The minimum absolute atomic E-state index is 0.144. The van der Waals surface area contributed by atoms with Gasteiger partial charge in [-0.1, -0.05) is 43.3 Å². The molecule has 3 aromatic rings. The lowest BCUT2D eigenvalue weighted by molar-refractivity contribution is -0.107. The van der Waals surface area contributed by atoms with Crippen LogP contribution in [0.25, 0.3) is 10.8 Å². The lowest BCUT2D eigenvalue weighted by Crippen LogP contribution is -2.29. The monoisotopic (exact) mass is 445 g/mol. The van der Waals surface area contributed by atoms with Crippen LogP contribution in [0.3, 0.4) is 0 Å². The number of benzene rings is 3. The number of nitrogens with zero attached hydrogens (tertiary/aromatic N) is 1. The molecule has 1 atom stereocenters. The molecular weight excluding hydrogens is 418 g/mol. The van der Waals surface area contributed by atoms with Gasteiger partial charge in [0.05, 0.1) is 29.0 Å². The maximum Gasteiger partial charge on any atom is 0.270 e. The number of anilines is 1. The Morgan fingerprint density at radius 2 is 1.39 bits per heavy atom. The molecule has 170 valence electrons. The highest BCUT2D eigenvalue weighted by atomic mass is 16.5. The van der Waals surface area contributed by atoms with Gasteiger partial charge in [-0.05, 0) is 44.9 Å². The summed E-state index contributed by atoms with van der Waals surface area (Å²) in [6.45, 7) is 7.71. The third-order valence-electron chi connectivity index (χ3n) is 5.72. The second kappa shape index (κ2) is 9.06. The number of amides is 2. The highest BCUT2D eigenvalue weighted by Crippen LogP contribution is 2.46. The summed E-state index contributed by atoms with van der Waals surface area (Å²) >= 11 is 0. The largest absolute Gasteiger partial charge is 0.489 e. The molecule has 1 heterocycles. The first-order chi connectivity index (χ1) is 15.9. The van der Waals surface area contributed by atoms with Crippen LogP contribution in [-0.4, -0.2) is 30.3 Å². The van der Waals surface area contributed by atoms with E-state index in [-0.39, 0.29) is 29.8 Å². The van der Waals surface area contributed by atoms with Crippen LogP contribution in [0.4, 0.5) is 5.69 Å². The minimum Gasteiger partial charge on any atom is -0.489 e. The van der Waals surface area contributed by atoms with E-state index in [0.717, 1.165) is 33.9 Å². The second-order valence-electron chi connectivity index (χ2n) is 8.44. The molecule has 0 aliphatic carbocycles. The first kappa shape index (κ1) is 22.5. The first-order valence-electron chi connectivity index (χ1n) is 11.2. The summed E-state index contributed by atoms with van der Waals surface area (Å²) in [5, 5.41) is 1.46. The summed E-state index contributed by atoms with van der Waals surface area (Å²) in [4.78, 5) is 39.4. The highest BCUT2D eigenvalue weighted by molar-refractivity contribution is 6.38. The van der Waals surface area contributed by atoms with Crippen molar-refractivity contribution in [1.29, 1.82) is 0 Å². The molecule has 3 aromatic carbocycles. The van der Waals surface area contributed by atoms with E-state index in [4.69, 9.17) is 9.47 Å². The van der Waals surface area contributed by atoms with Crippen molar-refractivity contribution in [2.45, 2.75) is 52.7 Å². The van der Waals surface area contributed by atoms with Crippen molar-refractivity contribution in [3.63, 3.8) is 0 Å². The Morgan fingerprint density at radius 1 is 0.848 bits per heavy atom. The Bertz CT molecular complexity index is 1230. The normalized spacial score (nSPS) is 14.0. The number of ether oxygens (including phenoxy) is 2. The zero-order valence-corrected chi connectivity index (χ0v) is 19.3. The summed E-state index contributed by atoms with van der Waals surface area (Å²) in [5.74, 6) is -0.0978. The van der Waals surface area contributed by atoms with Crippen molar-refractivity contribution >= 4 is 34.6 Å². The SMILES string of the molecule is CCC(C)Oc1c2c(c(OC(C)C)c3ccccc13)C(=O)N(c1ccc(CC=O)cc1)C2=O. The van der Waals surface area contributed by atoms with Crippen LogP contribution < -0.4 is 14.4 Å². The van der Waals surface area contributed by atoms with Gasteiger partial charge in [-0.15, -0.1) is 0 Å². The third-order valence-corrected chi connectivity index (χ3v) is 5.72. The molecular formula is C27H27NO5. The van der Waals surface area contributed by atoms with Gasteiger partial charge in [-0.3, -0.25) is 9.59 Å². The van der Waals surface area contributed by atoms with Gasteiger partial charge in [-0.2, -0.15) is 0 Å². The number of hydrogen-bond donors (Lipinski definition) is 0. The topological polar surface area (TPSA) is 72.9 Å². The molecule has 0 bridgehead atoms. The average Bonchev–Trinajstić information content (AvgIpc) is 3.06. The van der Waals surface area contributed by atoms with Gasteiger partial charge in [0.2, 0.25) is 0 Å². The lowest BCUT2D eigenvalue weighted by Gasteiger charge is -2.20. The van der Waals surface area contributed by atoms with Crippen LogP contribution in [0.1, 0.15) is 60.4 Å². The summed E-state index contributed by atoms with van der Waals surface area (Å²) in [5.41, 5.74) is 1.69. The van der Waals surface area contributed by atoms with Crippen molar-refractivity contribution in [3.8, 4) is 11.5 Å². The van der Waals surface area contributed by atoms with Crippen LogP contribution >= 0.6 is 0 Å². The molecule has 1 aliphatic rings. The maximum absolute atomic E-state index is 13.7. The number of imide groups is 1. The van der Waals surface area contributed by atoms with Crippen molar-refractivity contribution in [3.05, 3.63) is 65.2 Å². The number of carbonyl (C=O) groups excluding carboxylic acids is 3. The van der Waals surface area contributed by atoms with E-state index in [0.29, 0.717) is 17.2 Å². The Balaban J connectivity index is 1.95. The first-order valence-corrected chi connectivity index (χ1v) is 11.2. The molecule has 0 aromatic heterocycles. The van der Waals surface area contributed by atoms with Gasteiger partial charge in [0.1, 0.15) is 17.8 Å². The fraction of sp³-hybridized carbons (Fsp3) is 0.296. The molecule has 4 rings (SSSR count). The van der Waals surface area contributed by atoms with Crippen LogP contribution in [0.2, 0.25) is 0 Å². The van der Waals surface area contributed by atoms with E-state index in [9.17, 15) is 14.4 Å². The van der Waals surface area contributed by atoms with Gasteiger partial charge in [0.15, 0.2) is 0 Å². The molecule has 0 saturated heterocycles. The van der Waals surface area contributed by atoms with E-state index in [1.807, 2.05) is 52.0 Å². The molecule has 1 unspecified atom stereocenters. The van der Waals surface area contributed by atoms with Crippen molar-refractivity contribution in [1.82, 2.24) is 0 Å². The van der Waals surface area contributed by atoms with Gasteiger partial charge in [0.25, 0.3) is 11.8 Å². The predicted molar refractivity (Wildman–Crippen MR) is 127 cm³/mol. The lowest BCUT2D eigenvalue weighted by atomic mass is 9.98. The molecule has 0 saturated carbocycles. The smallest absolute Gasteiger partial charge is 0.270 e. The van der Waals surface area contributed by atoms with Gasteiger partial charge < -0.3 is 14.3 Å². The summed E-state index contributed by atoms with van der Waals surface area (Å²) in [7, 11) is 0. The highest BCUT2D eigenvalue weighted by Gasteiger charge is 2.43. The quantitative estimate of drug-likeness (QED) is 0.345. The van der Waals surface area contributed by atoms with E-state index < -0.39 is 11.8 Å². The van der Waals surface area contributed by atoms with E-state index in [2.05, 4.69) is 0 Å². The summed E-state index contributed by atoms with van der Waals surface area (Å²) in [6.07, 6.45) is 1.49. The van der Waals surface area contributed by atoms with Crippen LogP contribution in [-0.2, 0) is 11.2 Å². The molecule has 6 heteroatoms. The molecule has 0 fully saturated rings. The fourth-order valence-electron chi connectivity index (χ4n) is 3.98. The molecule has 33 heavy (non-hydrogen) atoms. The van der Waals surface area contributed by atoms with E-state index in [1.54, 1.807) is 24.3 Å². The number of aldehydes is 1. The predicted octanol–water partition coefficient (Wildman–Crippen LogP) is 5.35. The Labute approximate surface area is 193 Å². The average molecular weight is 446 g/mol. The number of fused-ring (bicyclic) bond motifs is 2. The summed E-state index contributed by atoms with van der Waals surface area (Å²) < 4.78 is 12.4. The molecule has 0 radical (unpaired) electrons. The Morgan fingerprint density at radius 3 is 1.88 bits per heavy atom. The summed E-state index contributed by atoms with van der Waals surface area (Å²) in [6, 6.07) is 14.4. The zero-order valence-electron chi connectivity index (χ0n) is 19.3. The maximum atomic E-state index is 13.7. The van der Waals surface area contributed by atoms with Gasteiger partial charge in [-0.25, -0.2) is 4.90 Å². The van der Waals surface area contributed by atoms with Crippen molar-refractivity contribution in [2.75, 3.05) is 4.90 Å². The fourth-order valence-corrected chi connectivity index (χ4v) is 3.98. The van der Waals surface area contributed by atoms with Gasteiger partial charge in [0, 0.05) is 17.2 Å². The standard InChI is InChI=1S/C27H27NO5/c1-5-17(4)33-25-21-9-7-6-8-20(21)24(32-16(2)3)22-23(25)27(31)28(26(22)30)19-12-10-18(11-13-19)14-15-29/h6-13,15-17H,5,14H2,1-4H3. The van der Waals surface area contributed by atoms with Gasteiger partial charge >= 0.3 is 0 Å². The molecule has 6 nitrogen and oxygen atoms in total. The van der Waals surface area contributed by atoms with Crippen LogP contribution in [0, 0.1) is 0 Å². The van der Waals surface area contributed by atoms with E-state index in [1.165, 1.54) is 0 Å². The molecule has 1 aliphatic heterocycles. The van der Waals surface area contributed by atoms with E-state index >= 15 is 0 Å². The van der Waals surface area contributed by atoms with Crippen molar-refractivity contribution < 1.29 is 23.9 Å². The van der Waals surface area contributed by atoms with Crippen LogP contribution in [0.5, 0.6) is 11.5 Å². The Kier molecular flexibility index (Phi) is 6.18. The molecule has 0 spiro atoms. The third kappa shape index (κ3) is 3.97. The van der Waals surface area contributed by atoms with Crippen LogP contribution in [0.15, 0.2) is 48.5 Å². The minimum atomic E-state index is -0.450. The molecule has 2 amide bonds. The van der Waals surface area contributed by atoms with Crippen molar-refractivity contribution in [2.24, 2.45) is 0 Å². The zero-order chi connectivity index (χ0) is 23.7. The Hall–Kier alpha value is -3.67. The number of carbonyl (C=O) groups is 3. The number of rotatable bonds is 8. The second-order valence-corrected chi connectivity index (χ2v) is 8.44. The molecule has 0 N–H and O–H groups in total. The number of hydrogen-bond acceptors (Lipinski definition) is 5.